The summed E-state index contributed by atoms with van der Waals surface area (Å²) < 4.78 is 5.24. The lowest BCUT2D eigenvalue weighted by Crippen LogP contribution is -2.30. The Morgan fingerprint density at radius 1 is 0.900 bits per heavy atom. The van der Waals surface area contributed by atoms with Crippen LogP contribution in [0.1, 0.15) is 43.0 Å². The van der Waals surface area contributed by atoms with E-state index in [1.54, 1.807) is 7.11 Å². The van der Waals surface area contributed by atoms with E-state index in [0.717, 1.165) is 28.9 Å². The second-order valence-electron chi connectivity index (χ2n) is 7.76. The molecule has 0 spiro atoms. The molecule has 0 heterocycles. The highest BCUT2D eigenvalue weighted by molar-refractivity contribution is 6.24. The van der Waals surface area contributed by atoms with Crippen molar-refractivity contribution in [3.63, 3.8) is 0 Å². The number of carbonyl (C=O) groups is 1. The molecule has 0 saturated heterocycles. The lowest BCUT2D eigenvalue weighted by Gasteiger charge is -2.22. The van der Waals surface area contributed by atoms with Crippen LogP contribution in [0.2, 0.25) is 0 Å². The first kappa shape index (κ1) is 21.4. The molecule has 0 aromatic heterocycles. The van der Waals surface area contributed by atoms with Gasteiger partial charge >= 0.3 is 0 Å². The van der Waals surface area contributed by atoms with Crippen LogP contribution in [0.15, 0.2) is 84.9 Å². The number of rotatable bonds is 8. The lowest BCUT2D eigenvalue weighted by atomic mass is 9.95. The molecule has 3 nitrogen and oxygen atoms in total. The number of nitrogens with one attached hydrogen (secondary N) is 1. The van der Waals surface area contributed by atoms with Gasteiger partial charge in [0.2, 0.25) is 0 Å². The van der Waals surface area contributed by atoms with Crippen LogP contribution in [0.4, 0.5) is 0 Å². The molecular weight excluding hydrogens is 370 g/mol. The van der Waals surface area contributed by atoms with Gasteiger partial charge in [0.1, 0.15) is 5.75 Å². The fourth-order valence-electron chi connectivity index (χ4n) is 3.44. The molecule has 3 rings (SSSR count). The fourth-order valence-corrected chi connectivity index (χ4v) is 3.44. The zero-order valence-electron chi connectivity index (χ0n) is 17.8. The maximum Gasteiger partial charge on any atom is 0.252 e. The SMILES string of the molecule is COc1ccc(/C=C(/C(=O)N[C@@H](CC(C)C)c2ccccc2)c2ccccc2)cc1. The molecule has 0 aliphatic rings. The number of benzene rings is 3. The predicted octanol–water partition coefficient (Wildman–Crippen LogP) is 6.14. The van der Waals surface area contributed by atoms with Crippen molar-refractivity contribution >= 4 is 17.6 Å². The third-order valence-electron chi connectivity index (χ3n) is 4.97. The van der Waals surface area contributed by atoms with E-state index in [1.165, 1.54) is 0 Å². The van der Waals surface area contributed by atoms with E-state index < -0.39 is 0 Å². The molecular formula is C27H29NO2. The molecule has 30 heavy (non-hydrogen) atoms. The molecule has 3 heteroatoms. The van der Waals surface area contributed by atoms with Gasteiger partial charge in [0.05, 0.1) is 13.2 Å². The summed E-state index contributed by atoms with van der Waals surface area (Å²) in [4.78, 5) is 13.4. The summed E-state index contributed by atoms with van der Waals surface area (Å²) in [5.41, 5.74) is 3.61. The fraction of sp³-hybridized carbons (Fsp3) is 0.222. The van der Waals surface area contributed by atoms with Crippen LogP contribution in [0, 0.1) is 5.92 Å². The minimum Gasteiger partial charge on any atom is -0.497 e. The highest BCUT2D eigenvalue weighted by atomic mass is 16.5. The van der Waals surface area contributed by atoms with Crippen molar-refractivity contribution in [1.82, 2.24) is 5.32 Å². The predicted molar refractivity (Wildman–Crippen MR) is 124 cm³/mol. The highest BCUT2D eigenvalue weighted by Gasteiger charge is 2.19. The van der Waals surface area contributed by atoms with Gasteiger partial charge < -0.3 is 10.1 Å². The number of ether oxygens (including phenoxy) is 1. The Bertz CT molecular complexity index is 961. The first-order valence-electron chi connectivity index (χ1n) is 10.3. The van der Waals surface area contributed by atoms with Crippen LogP contribution in [0.3, 0.4) is 0 Å². The Labute approximate surface area is 179 Å². The van der Waals surface area contributed by atoms with Gasteiger partial charge in [-0.3, -0.25) is 4.79 Å². The van der Waals surface area contributed by atoms with Crippen molar-refractivity contribution in [3.8, 4) is 5.75 Å². The summed E-state index contributed by atoms with van der Waals surface area (Å²) in [6.07, 6.45) is 2.81. The van der Waals surface area contributed by atoms with E-state index in [0.29, 0.717) is 11.5 Å². The van der Waals surface area contributed by atoms with Crippen LogP contribution < -0.4 is 10.1 Å². The number of hydrogen-bond donors (Lipinski definition) is 1. The summed E-state index contributed by atoms with van der Waals surface area (Å²) in [7, 11) is 1.64. The molecule has 0 radical (unpaired) electrons. The van der Waals surface area contributed by atoms with Crippen LogP contribution in [0.25, 0.3) is 11.6 Å². The van der Waals surface area contributed by atoms with Crippen molar-refractivity contribution in [2.45, 2.75) is 26.3 Å². The molecule has 0 bridgehead atoms. The largest absolute Gasteiger partial charge is 0.497 e. The average Bonchev–Trinajstić information content (AvgIpc) is 2.78. The van der Waals surface area contributed by atoms with Crippen LogP contribution in [-0.2, 0) is 4.79 Å². The van der Waals surface area contributed by atoms with E-state index >= 15 is 0 Å². The zero-order chi connectivity index (χ0) is 21.3. The minimum absolute atomic E-state index is 0.0401. The second-order valence-corrected chi connectivity index (χ2v) is 7.76. The van der Waals surface area contributed by atoms with Crippen molar-refractivity contribution in [3.05, 3.63) is 102 Å². The molecule has 1 amide bonds. The maximum absolute atomic E-state index is 13.4. The van der Waals surface area contributed by atoms with Gasteiger partial charge in [-0.15, -0.1) is 0 Å². The van der Waals surface area contributed by atoms with Gasteiger partial charge in [-0.25, -0.2) is 0 Å². The molecule has 1 atom stereocenters. The standard InChI is InChI=1S/C27H29NO2/c1-20(2)18-26(23-12-8-5-9-13-23)28-27(29)25(22-10-6-4-7-11-22)19-21-14-16-24(30-3)17-15-21/h4-17,19-20,26H,18H2,1-3H3,(H,28,29)/b25-19+/t26-/m0/s1. The molecule has 0 aliphatic carbocycles. The molecule has 1 N–H and O–H groups in total. The van der Waals surface area contributed by atoms with E-state index in [2.05, 4.69) is 31.3 Å². The van der Waals surface area contributed by atoms with Crippen LogP contribution in [-0.4, -0.2) is 13.0 Å². The van der Waals surface area contributed by atoms with Gasteiger partial charge in [-0.05, 0) is 47.2 Å². The van der Waals surface area contributed by atoms with Crippen molar-refractivity contribution in [2.75, 3.05) is 7.11 Å². The molecule has 0 saturated carbocycles. The molecule has 3 aromatic carbocycles. The van der Waals surface area contributed by atoms with Gasteiger partial charge in [-0.1, -0.05) is 86.6 Å². The van der Waals surface area contributed by atoms with Crippen molar-refractivity contribution in [2.24, 2.45) is 5.92 Å². The van der Waals surface area contributed by atoms with E-state index in [9.17, 15) is 4.79 Å². The monoisotopic (exact) mass is 399 g/mol. The van der Waals surface area contributed by atoms with Crippen LogP contribution in [0.5, 0.6) is 5.75 Å². The Balaban J connectivity index is 1.93. The third-order valence-corrected chi connectivity index (χ3v) is 4.97. The number of carbonyl (C=O) groups excluding carboxylic acids is 1. The van der Waals surface area contributed by atoms with Gasteiger partial charge in [0.15, 0.2) is 0 Å². The third kappa shape index (κ3) is 5.84. The summed E-state index contributed by atoms with van der Waals surface area (Å²) in [5.74, 6) is 1.17. The molecule has 0 unspecified atom stereocenters. The van der Waals surface area contributed by atoms with Crippen molar-refractivity contribution < 1.29 is 9.53 Å². The number of hydrogen-bond acceptors (Lipinski definition) is 2. The van der Waals surface area contributed by atoms with Gasteiger partial charge in [0.25, 0.3) is 5.91 Å². The summed E-state index contributed by atoms with van der Waals surface area (Å²) in [6.45, 7) is 4.35. The van der Waals surface area contributed by atoms with Gasteiger partial charge in [0, 0.05) is 5.57 Å². The number of methoxy groups -OCH3 is 1. The molecule has 0 aliphatic heterocycles. The summed E-state index contributed by atoms with van der Waals surface area (Å²) in [6, 6.07) is 27.6. The Kier molecular flexibility index (Phi) is 7.45. The van der Waals surface area contributed by atoms with Crippen molar-refractivity contribution in [1.29, 1.82) is 0 Å². The number of amides is 1. The Morgan fingerprint density at radius 3 is 2.07 bits per heavy atom. The Hall–Kier alpha value is -3.33. The first-order chi connectivity index (χ1) is 14.6. The maximum atomic E-state index is 13.4. The summed E-state index contributed by atoms with van der Waals surface area (Å²) in [5, 5.41) is 3.27. The highest BCUT2D eigenvalue weighted by Crippen LogP contribution is 2.25. The van der Waals surface area contributed by atoms with E-state index in [1.807, 2.05) is 78.9 Å². The van der Waals surface area contributed by atoms with Gasteiger partial charge in [-0.2, -0.15) is 0 Å². The minimum atomic E-state index is -0.0773. The lowest BCUT2D eigenvalue weighted by molar-refractivity contribution is -0.116. The average molecular weight is 400 g/mol. The van der Waals surface area contributed by atoms with Crippen LogP contribution >= 0.6 is 0 Å². The Morgan fingerprint density at radius 2 is 1.50 bits per heavy atom. The van der Waals surface area contributed by atoms with E-state index in [4.69, 9.17) is 4.74 Å². The topological polar surface area (TPSA) is 38.3 Å². The smallest absolute Gasteiger partial charge is 0.252 e. The molecule has 154 valence electrons. The summed E-state index contributed by atoms with van der Waals surface area (Å²) >= 11 is 0. The van der Waals surface area contributed by atoms with E-state index in [-0.39, 0.29) is 11.9 Å². The molecule has 0 fully saturated rings. The quantitative estimate of drug-likeness (QED) is 0.365. The second kappa shape index (κ2) is 10.4. The first-order valence-corrected chi connectivity index (χ1v) is 10.3. The zero-order valence-corrected chi connectivity index (χ0v) is 17.8. The molecule has 3 aromatic rings. The normalized spacial score (nSPS) is 12.5.